The summed E-state index contributed by atoms with van der Waals surface area (Å²) in [6, 6.07) is 13.0. The van der Waals surface area contributed by atoms with E-state index in [2.05, 4.69) is 12.1 Å². The van der Waals surface area contributed by atoms with E-state index in [1.54, 1.807) is 12.1 Å². The molecule has 1 aliphatic rings. The average molecular weight is 305 g/mol. The maximum absolute atomic E-state index is 14.1. The maximum Gasteiger partial charge on any atom is 0.127 e. The zero-order valence-electron chi connectivity index (χ0n) is 11.8. The Bertz CT molecular complexity index is 655. The first-order valence-corrected chi connectivity index (χ1v) is 7.66. The van der Waals surface area contributed by atoms with Crippen LogP contribution in [0, 0.1) is 5.82 Å². The van der Waals surface area contributed by atoms with Gasteiger partial charge in [0.25, 0.3) is 0 Å². The quantitative estimate of drug-likeness (QED) is 0.897. The lowest BCUT2D eigenvalue weighted by Crippen LogP contribution is -2.37. The van der Waals surface area contributed by atoms with Gasteiger partial charge < -0.3 is 5.11 Å². The molecule has 0 fully saturated rings. The molecule has 0 aliphatic heterocycles. The van der Waals surface area contributed by atoms with Gasteiger partial charge in [0.15, 0.2) is 0 Å². The highest BCUT2D eigenvalue weighted by Crippen LogP contribution is 2.40. The second kappa shape index (κ2) is 5.78. The first-order valence-electron chi connectivity index (χ1n) is 7.28. The van der Waals surface area contributed by atoms with Gasteiger partial charge in [-0.1, -0.05) is 41.9 Å². The Morgan fingerprint density at radius 3 is 2.76 bits per heavy atom. The van der Waals surface area contributed by atoms with Gasteiger partial charge in [0.05, 0.1) is 6.61 Å². The van der Waals surface area contributed by atoms with Crippen molar-refractivity contribution in [3.63, 3.8) is 0 Å². The van der Waals surface area contributed by atoms with Crippen molar-refractivity contribution in [3.8, 4) is 0 Å². The summed E-state index contributed by atoms with van der Waals surface area (Å²) < 4.78 is 14.1. The van der Waals surface area contributed by atoms with E-state index >= 15 is 0 Å². The van der Waals surface area contributed by atoms with Gasteiger partial charge >= 0.3 is 0 Å². The van der Waals surface area contributed by atoms with E-state index in [1.807, 2.05) is 12.1 Å². The third-order valence-corrected chi connectivity index (χ3v) is 4.77. The summed E-state index contributed by atoms with van der Waals surface area (Å²) in [7, 11) is 0. The molecule has 0 saturated heterocycles. The summed E-state index contributed by atoms with van der Waals surface area (Å²) >= 11 is 5.82. The molecule has 1 atom stereocenters. The zero-order valence-corrected chi connectivity index (χ0v) is 12.5. The topological polar surface area (TPSA) is 20.2 Å². The van der Waals surface area contributed by atoms with Crippen molar-refractivity contribution in [2.45, 2.75) is 31.1 Å². The van der Waals surface area contributed by atoms with Crippen LogP contribution in [-0.2, 0) is 18.3 Å². The monoisotopic (exact) mass is 304 g/mol. The molecule has 1 unspecified atom stereocenters. The van der Waals surface area contributed by atoms with Crippen LogP contribution in [-0.4, -0.2) is 11.7 Å². The minimum absolute atomic E-state index is 0.0338. The summed E-state index contributed by atoms with van der Waals surface area (Å²) in [5.74, 6) is -0.293. The number of aliphatic hydroxyl groups is 1. The number of aryl methyl sites for hydroxylation is 1. The van der Waals surface area contributed by atoms with Crippen LogP contribution >= 0.6 is 11.6 Å². The molecule has 0 saturated carbocycles. The molecule has 0 aromatic heterocycles. The van der Waals surface area contributed by atoms with E-state index in [9.17, 15) is 9.50 Å². The molecule has 0 spiro atoms. The lowest BCUT2D eigenvalue weighted by molar-refractivity contribution is 0.172. The van der Waals surface area contributed by atoms with Crippen molar-refractivity contribution in [1.82, 2.24) is 0 Å². The lowest BCUT2D eigenvalue weighted by atomic mass is 9.67. The van der Waals surface area contributed by atoms with Gasteiger partial charge in [0.2, 0.25) is 0 Å². The Morgan fingerprint density at radius 2 is 2.00 bits per heavy atom. The third kappa shape index (κ3) is 2.70. The van der Waals surface area contributed by atoms with Gasteiger partial charge in [-0.05, 0) is 54.5 Å². The molecule has 2 aromatic rings. The van der Waals surface area contributed by atoms with Crippen molar-refractivity contribution in [2.24, 2.45) is 0 Å². The van der Waals surface area contributed by atoms with Crippen molar-refractivity contribution >= 4 is 11.6 Å². The predicted octanol–water partition coefficient (Wildman–Crippen LogP) is 4.29. The van der Waals surface area contributed by atoms with Crippen molar-refractivity contribution in [3.05, 3.63) is 70.0 Å². The number of fused-ring (bicyclic) bond motifs is 1. The third-order valence-electron chi connectivity index (χ3n) is 4.54. The fourth-order valence-electron chi connectivity index (χ4n) is 3.44. The van der Waals surface area contributed by atoms with Crippen LogP contribution in [0.3, 0.4) is 0 Å². The van der Waals surface area contributed by atoms with Gasteiger partial charge in [0.1, 0.15) is 5.82 Å². The highest BCUT2D eigenvalue weighted by Gasteiger charge is 2.36. The van der Waals surface area contributed by atoms with Gasteiger partial charge in [-0.15, -0.1) is 0 Å². The molecule has 1 N–H and O–H groups in total. The minimum Gasteiger partial charge on any atom is -0.395 e. The van der Waals surface area contributed by atoms with Crippen molar-refractivity contribution in [1.29, 1.82) is 0 Å². The van der Waals surface area contributed by atoms with E-state index in [0.29, 0.717) is 17.0 Å². The number of hydrogen-bond donors (Lipinski definition) is 1. The maximum atomic E-state index is 14.1. The predicted molar refractivity (Wildman–Crippen MR) is 83.3 cm³/mol. The standard InChI is InChI=1S/C18H18ClFO/c19-15-8-7-14(17(20)10-15)11-18(12-21)9-3-5-13-4-1-2-6-16(13)18/h1-2,4,6-8,10,21H,3,5,9,11-12H2. The van der Waals surface area contributed by atoms with E-state index < -0.39 is 0 Å². The molecule has 3 heteroatoms. The largest absolute Gasteiger partial charge is 0.395 e. The van der Waals surface area contributed by atoms with Crippen LogP contribution < -0.4 is 0 Å². The summed E-state index contributed by atoms with van der Waals surface area (Å²) in [5, 5.41) is 10.4. The fourth-order valence-corrected chi connectivity index (χ4v) is 3.60. The normalized spacial score (nSPS) is 21.1. The molecule has 110 valence electrons. The van der Waals surface area contributed by atoms with E-state index in [-0.39, 0.29) is 17.8 Å². The molecule has 0 amide bonds. The highest BCUT2D eigenvalue weighted by molar-refractivity contribution is 6.30. The van der Waals surface area contributed by atoms with Gasteiger partial charge in [0, 0.05) is 10.4 Å². The smallest absolute Gasteiger partial charge is 0.127 e. The SMILES string of the molecule is OCC1(Cc2ccc(Cl)cc2F)CCCc2ccccc21. The molecular weight excluding hydrogens is 287 g/mol. The highest BCUT2D eigenvalue weighted by atomic mass is 35.5. The van der Waals surface area contributed by atoms with Crippen LogP contribution in [0.1, 0.15) is 29.5 Å². The van der Waals surface area contributed by atoms with E-state index in [0.717, 1.165) is 24.8 Å². The van der Waals surface area contributed by atoms with Crippen LogP contribution in [0.5, 0.6) is 0 Å². The molecule has 1 nitrogen and oxygen atoms in total. The number of benzene rings is 2. The molecule has 0 bridgehead atoms. The number of halogens is 2. The van der Waals surface area contributed by atoms with E-state index in [1.165, 1.54) is 11.6 Å². The summed E-state index contributed by atoms with van der Waals surface area (Å²) in [6.07, 6.45) is 3.43. The van der Waals surface area contributed by atoms with Crippen LogP contribution in [0.2, 0.25) is 5.02 Å². The van der Waals surface area contributed by atoms with Gasteiger partial charge in [-0.3, -0.25) is 0 Å². The van der Waals surface area contributed by atoms with Crippen LogP contribution in [0.4, 0.5) is 4.39 Å². The molecule has 0 radical (unpaired) electrons. The molecule has 1 aliphatic carbocycles. The fraction of sp³-hybridized carbons (Fsp3) is 0.333. The number of rotatable bonds is 3. The van der Waals surface area contributed by atoms with E-state index in [4.69, 9.17) is 11.6 Å². The second-order valence-electron chi connectivity index (χ2n) is 5.86. The molecular formula is C18H18ClFO. The minimum atomic E-state index is -0.385. The Hall–Kier alpha value is -1.38. The Morgan fingerprint density at radius 1 is 1.19 bits per heavy atom. The summed E-state index contributed by atoms with van der Waals surface area (Å²) in [6.45, 7) is 0.0338. The lowest BCUT2D eigenvalue weighted by Gasteiger charge is -2.38. The Balaban J connectivity index is 2.02. The number of aliphatic hydroxyl groups excluding tert-OH is 1. The van der Waals surface area contributed by atoms with Crippen molar-refractivity contribution in [2.75, 3.05) is 6.61 Å². The second-order valence-corrected chi connectivity index (χ2v) is 6.30. The summed E-state index contributed by atoms with van der Waals surface area (Å²) in [5.41, 5.74) is 2.66. The van der Waals surface area contributed by atoms with Crippen LogP contribution in [0.15, 0.2) is 42.5 Å². The first kappa shape index (κ1) is 14.6. The van der Waals surface area contributed by atoms with Crippen LogP contribution in [0.25, 0.3) is 0 Å². The van der Waals surface area contributed by atoms with Gasteiger partial charge in [-0.25, -0.2) is 4.39 Å². The molecule has 3 rings (SSSR count). The molecule has 0 heterocycles. The zero-order chi connectivity index (χ0) is 14.9. The summed E-state index contributed by atoms with van der Waals surface area (Å²) in [4.78, 5) is 0. The first-order chi connectivity index (χ1) is 10.1. The Kier molecular flexibility index (Phi) is 4.01. The molecule has 21 heavy (non-hydrogen) atoms. The van der Waals surface area contributed by atoms with Gasteiger partial charge in [-0.2, -0.15) is 0 Å². The van der Waals surface area contributed by atoms with Crippen molar-refractivity contribution < 1.29 is 9.50 Å². The average Bonchev–Trinajstić information content (AvgIpc) is 2.50. The molecule has 2 aromatic carbocycles. The Labute approximate surface area is 129 Å². The number of hydrogen-bond acceptors (Lipinski definition) is 1.